The van der Waals surface area contributed by atoms with E-state index < -0.39 is 0 Å². The molecule has 0 unspecified atom stereocenters. The van der Waals surface area contributed by atoms with Crippen LogP contribution in [0.15, 0.2) is 66.9 Å². The molecule has 0 atom stereocenters. The average Bonchev–Trinajstić information content (AvgIpc) is 3.32. The molecular weight excluding hydrogens is 444 g/mol. The van der Waals surface area contributed by atoms with Crippen molar-refractivity contribution in [2.75, 3.05) is 31.0 Å². The van der Waals surface area contributed by atoms with Gasteiger partial charge in [0.2, 0.25) is 5.91 Å². The molecule has 5 aromatic rings. The lowest BCUT2D eigenvalue weighted by Gasteiger charge is -2.13. The van der Waals surface area contributed by atoms with Crippen molar-refractivity contribution in [2.24, 2.45) is 0 Å². The Hall–Kier alpha value is -4.50. The molecule has 0 fully saturated rings. The number of carbonyl (C=O) groups excluding carboxylic acids is 1. The van der Waals surface area contributed by atoms with E-state index in [-0.39, 0.29) is 5.91 Å². The number of nitrogens with zero attached hydrogens (tertiary/aromatic N) is 3. The van der Waals surface area contributed by atoms with Gasteiger partial charge in [-0.05, 0) is 48.5 Å². The first-order valence-electron chi connectivity index (χ1n) is 11.1. The highest BCUT2D eigenvalue weighted by atomic mass is 16.5. The largest absolute Gasteiger partial charge is 0.491 e. The number of anilines is 3. The lowest BCUT2D eigenvalue weighted by Crippen LogP contribution is -2.06. The van der Waals surface area contributed by atoms with Crippen LogP contribution in [0.25, 0.3) is 33.2 Å². The molecule has 0 saturated heterocycles. The van der Waals surface area contributed by atoms with E-state index in [1.54, 1.807) is 13.3 Å². The summed E-state index contributed by atoms with van der Waals surface area (Å²) < 4.78 is 10.9. The minimum Gasteiger partial charge on any atom is -0.491 e. The summed E-state index contributed by atoms with van der Waals surface area (Å²) in [4.78, 5) is 21.2. The summed E-state index contributed by atoms with van der Waals surface area (Å²) in [6.07, 6.45) is 1.78. The van der Waals surface area contributed by atoms with Crippen LogP contribution in [0.4, 0.5) is 17.2 Å². The average molecular weight is 469 g/mol. The normalized spacial score (nSPS) is 11.0. The van der Waals surface area contributed by atoms with Crippen LogP contribution in [0.3, 0.4) is 0 Å². The van der Waals surface area contributed by atoms with E-state index in [1.807, 2.05) is 60.7 Å². The number of aromatic amines is 1. The number of rotatable bonds is 8. The lowest BCUT2D eigenvalue weighted by atomic mass is 10.1. The number of hydrogen-bond acceptors (Lipinski definition) is 7. The van der Waals surface area contributed by atoms with Gasteiger partial charge in [0.1, 0.15) is 18.2 Å². The van der Waals surface area contributed by atoms with Gasteiger partial charge < -0.3 is 20.1 Å². The fourth-order valence-corrected chi connectivity index (χ4v) is 3.76. The molecule has 3 aromatic carbocycles. The van der Waals surface area contributed by atoms with Crippen LogP contribution < -0.4 is 15.4 Å². The maximum atomic E-state index is 11.5. The van der Waals surface area contributed by atoms with E-state index in [9.17, 15) is 4.79 Å². The zero-order chi connectivity index (χ0) is 24.2. The van der Waals surface area contributed by atoms with Gasteiger partial charge in [0.25, 0.3) is 0 Å². The molecule has 1 amide bonds. The molecule has 9 nitrogen and oxygen atoms in total. The van der Waals surface area contributed by atoms with Gasteiger partial charge in [-0.15, -0.1) is 0 Å². The zero-order valence-electron chi connectivity index (χ0n) is 19.3. The van der Waals surface area contributed by atoms with Gasteiger partial charge >= 0.3 is 0 Å². The molecule has 0 spiro atoms. The monoisotopic (exact) mass is 468 g/mol. The second-order valence-corrected chi connectivity index (χ2v) is 7.98. The van der Waals surface area contributed by atoms with E-state index in [0.29, 0.717) is 36.3 Å². The number of fused-ring (bicyclic) bond motifs is 2. The topological polar surface area (TPSA) is 114 Å². The van der Waals surface area contributed by atoms with Crippen molar-refractivity contribution < 1.29 is 14.3 Å². The van der Waals surface area contributed by atoms with Crippen molar-refractivity contribution in [1.82, 2.24) is 20.2 Å². The molecule has 2 heterocycles. The van der Waals surface area contributed by atoms with Crippen LogP contribution in [-0.2, 0) is 9.53 Å². The number of hydrogen-bond donors (Lipinski definition) is 3. The summed E-state index contributed by atoms with van der Waals surface area (Å²) in [5.41, 5.74) is 4.04. The quantitative estimate of drug-likeness (QED) is 0.278. The number of aromatic nitrogens is 4. The standard InChI is InChI=1S/C26H24N6O3/c1-16(33)28-19-5-3-4-17(12-19)25-30-24-9-7-21(35-11-10-34-2)14-22(24)26(31-25)29-20-6-8-23-18(13-20)15-27-32-23/h3-9,12-15H,10-11H2,1-2H3,(H,27,32)(H,28,33)(H,29,30,31). The highest BCUT2D eigenvalue weighted by Gasteiger charge is 2.13. The van der Waals surface area contributed by atoms with Crippen LogP contribution >= 0.6 is 0 Å². The third-order valence-corrected chi connectivity index (χ3v) is 5.37. The highest BCUT2D eigenvalue weighted by molar-refractivity contribution is 5.94. The molecule has 0 aliphatic carbocycles. The van der Waals surface area contributed by atoms with E-state index >= 15 is 0 Å². The van der Waals surface area contributed by atoms with E-state index in [4.69, 9.17) is 19.4 Å². The Balaban J connectivity index is 1.58. The van der Waals surface area contributed by atoms with Crippen LogP contribution in [-0.4, -0.2) is 46.4 Å². The smallest absolute Gasteiger partial charge is 0.221 e. The van der Waals surface area contributed by atoms with Crippen molar-refractivity contribution >= 4 is 44.9 Å². The third kappa shape index (κ3) is 5.04. The van der Waals surface area contributed by atoms with Crippen molar-refractivity contribution in [3.63, 3.8) is 0 Å². The Bertz CT molecular complexity index is 1510. The van der Waals surface area contributed by atoms with Gasteiger partial charge in [0.15, 0.2) is 5.82 Å². The van der Waals surface area contributed by atoms with Crippen LogP contribution in [0.2, 0.25) is 0 Å². The number of ether oxygens (including phenoxy) is 2. The van der Waals surface area contributed by atoms with Crippen molar-refractivity contribution in [3.05, 3.63) is 66.9 Å². The molecule has 176 valence electrons. The first kappa shape index (κ1) is 22.3. The molecule has 0 bridgehead atoms. The number of benzene rings is 3. The second kappa shape index (κ2) is 9.78. The highest BCUT2D eigenvalue weighted by Crippen LogP contribution is 2.31. The summed E-state index contributed by atoms with van der Waals surface area (Å²) in [6, 6.07) is 19.1. The molecule has 0 aliphatic heterocycles. The van der Waals surface area contributed by atoms with E-state index in [2.05, 4.69) is 20.8 Å². The molecule has 2 aromatic heterocycles. The van der Waals surface area contributed by atoms with Gasteiger partial charge in [-0.3, -0.25) is 9.89 Å². The van der Waals surface area contributed by atoms with E-state index in [1.165, 1.54) is 6.92 Å². The van der Waals surface area contributed by atoms with Gasteiger partial charge in [-0.2, -0.15) is 5.10 Å². The summed E-state index contributed by atoms with van der Waals surface area (Å²) in [7, 11) is 1.64. The maximum absolute atomic E-state index is 11.5. The van der Waals surface area contributed by atoms with E-state index in [0.717, 1.165) is 33.1 Å². The number of H-pyrrole nitrogens is 1. The van der Waals surface area contributed by atoms with Gasteiger partial charge in [-0.1, -0.05) is 12.1 Å². The minimum absolute atomic E-state index is 0.139. The van der Waals surface area contributed by atoms with Gasteiger partial charge in [-0.25, -0.2) is 9.97 Å². The minimum atomic E-state index is -0.139. The number of carbonyl (C=O) groups is 1. The Morgan fingerprint density at radius 3 is 2.77 bits per heavy atom. The predicted octanol–water partition coefficient (Wildman–Crippen LogP) is 4.90. The van der Waals surface area contributed by atoms with Crippen LogP contribution in [0.1, 0.15) is 6.92 Å². The summed E-state index contributed by atoms with van der Waals surface area (Å²) >= 11 is 0. The third-order valence-electron chi connectivity index (χ3n) is 5.37. The fraction of sp³-hybridized carbons (Fsp3) is 0.154. The summed E-state index contributed by atoms with van der Waals surface area (Å²) in [5.74, 6) is 1.73. The first-order valence-corrected chi connectivity index (χ1v) is 11.1. The molecule has 3 N–H and O–H groups in total. The molecule has 0 saturated carbocycles. The zero-order valence-corrected chi connectivity index (χ0v) is 19.3. The summed E-state index contributed by atoms with van der Waals surface area (Å²) in [6.45, 7) is 2.41. The Kier molecular flexibility index (Phi) is 6.23. The SMILES string of the molecule is COCCOc1ccc2nc(-c3cccc(NC(C)=O)c3)nc(Nc3ccc4[nH]ncc4c3)c2c1. The van der Waals surface area contributed by atoms with Gasteiger partial charge in [0, 0.05) is 41.7 Å². The predicted molar refractivity (Wildman–Crippen MR) is 136 cm³/mol. The second-order valence-electron chi connectivity index (χ2n) is 7.98. The Morgan fingerprint density at radius 2 is 1.91 bits per heavy atom. The Labute approximate surface area is 201 Å². The van der Waals surface area contributed by atoms with Crippen molar-refractivity contribution in [1.29, 1.82) is 0 Å². The molecule has 9 heteroatoms. The fourth-order valence-electron chi connectivity index (χ4n) is 3.76. The van der Waals surface area contributed by atoms with Gasteiger partial charge in [0.05, 0.1) is 23.8 Å². The van der Waals surface area contributed by atoms with Crippen LogP contribution in [0.5, 0.6) is 5.75 Å². The molecule has 35 heavy (non-hydrogen) atoms. The molecule has 0 radical (unpaired) electrons. The summed E-state index contributed by atoms with van der Waals surface area (Å²) in [5, 5.41) is 15.1. The number of amides is 1. The molecular formula is C26H24N6O3. The Morgan fingerprint density at radius 1 is 1.00 bits per heavy atom. The van der Waals surface area contributed by atoms with Crippen molar-refractivity contribution in [3.8, 4) is 17.1 Å². The lowest BCUT2D eigenvalue weighted by molar-refractivity contribution is -0.114. The number of nitrogens with one attached hydrogen (secondary N) is 3. The number of methoxy groups -OCH3 is 1. The maximum Gasteiger partial charge on any atom is 0.221 e. The van der Waals surface area contributed by atoms with Crippen molar-refractivity contribution in [2.45, 2.75) is 6.92 Å². The van der Waals surface area contributed by atoms with Crippen LogP contribution in [0, 0.1) is 0 Å². The first-order chi connectivity index (χ1) is 17.1. The molecule has 0 aliphatic rings. The molecule has 5 rings (SSSR count).